The van der Waals surface area contributed by atoms with E-state index in [9.17, 15) is 0 Å². The summed E-state index contributed by atoms with van der Waals surface area (Å²) in [6.07, 6.45) is 0. The first-order chi connectivity index (χ1) is 56.0. The van der Waals surface area contributed by atoms with Gasteiger partial charge in [0.1, 0.15) is 0 Å². The number of benzene rings is 18. The van der Waals surface area contributed by atoms with Crippen LogP contribution >= 0.6 is 0 Å². The predicted molar refractivity (Wildman–Crippen MR) is 467 cm³/mol. The number of fused-ring (bicyclic) bond motifs is 23. The summed E-state index contributed by atoms with van der Waals surface area (Å²) in [6, 6.07) is 164. The van der Waals surface area contributed by atoms with Crippen molar-refractivity contribution in [3.8, 4) is 100 Å². The minimum atomic E-state index is -0.581. The minimum Gasteiger partial charge on any atom is -0.310 e. The molecule has 2 nitrogen and oxygen atoms in total. The summed E-state index contributed by atoms with van der Waals surface area (Å²) in [7, 11) is 0. The molecular weight excluding hydrogens is 1360 g/mol. The van der Waals surface area contributed by atoms with Crippen LogP contribution in [0.2, 0.25) is 0 Å². The van der Waals surface area contributed by atoms with Gasteiger partial charge in [0, 0.05) is 34.1 Å². The van der Waals surface area contributed by atoms with Gasteiger partial charge in [0.15, 0.2) is 0 Å². The lowest BCUT2D eigenvalue weighted by atomic mass is 9.67. The zero-order valence-corrected chi connectivity index (χ0v) is 62.0. The monoisotopic (exact) mass is 1430 g/mol. The number of nitrogens with zero attached hydrogens (tertiary/aromatic N) is 2. The highest BCUT2D eigenvalue weighted by atomic mass is 15.1. The van der Waals surface area contributed by atoms with Crippen LogP contribution in [0.1, 0.15) is 66.8 Å². The lowest BCUT2D eigenvalue weighted by Gasteiger charge is -2.35. The lowest BCUT2D eigenvalue weighted by molar-refractivity contribution is 0.768. The van der Waals surface area contributed by atoms with Crippen molar-refractivity contribution in [3.05, 3.63) is 504 Å². The lowest BCUT2D eigenvalue weighted by Crippen LogP contribution is -2.28. The van der Waals surface area contributed by atoms with E-state index in [1.807, 2.05) is 0 Å². The Kier molecular flexibility index (Phi) is 14.5. The molecule has 0 saturated carbocycles. The van der Waals surface area contributed by atoms with Crippen LogP contribution in [0.4, 0.5) is 34.1 Å². The van der Waals surface area contributed by atoms with E-state index in [4.69, 9.17) is 0 Å². The van der Waals surface area contributed by atoms with E-state index in [0.29, 0.717) is 0 Å². The Morgan fingerprint density at radius 3 is 0.973 bits per heavy atom. The van der Waals surface area contributed by atoms with E-state index >= 15 is 0 Å². The average Bonchev–Trinajstić information content (AvgIpc) is 1.51. The largest absolute Gasteiger partial charge is 0.310 e. The van der Waals surface area contributed by atoms with Gasteiger partial charge >= 0.3 is 0 Å². The van der Waals surface area contributed by atoms with Crippen LogP contribution in [0.3, 0.4) is 0 Å². The maximum absolute atomic E-state index is 2.51. The van der Waals surface area contributed by atoms with E-state index in [0.717, 1.165) is 50.8 Å². The number of para-hydroxylation sites is 1. The van der Waals surface area contributed by atoms with Gasteiger partial charge in [0.05, 0.1) is 16.2 Å². The quantitative estimate of drug-likeness (QED) is 0.120. The molecular formula is C111H72N2. The molecule has 0 heterocycles. The molecule has 0 bridgehead atoms. The SMILES string of the molecule is c1ccc(-c2ccc(N(c3ccccc3)c3cccc(-c4ccc5c(c4)-c4ccccc4C54c5ccccc5-c5c(-c6ccc(-c7ccc(N(c8ccc9c(c8)-c8ccccc8C98c9ccccc9-c9ccccc98)c8ccc9c(c8)C(c8ccccc8)(c8ccccc8)c8ccccc8-9)cc7)cc6)cccc54)c3)cc2)cc1. The third kappa shape index (κ3) is 9.36. The molecule has 0 aliphatic heterocycles. The fraction of sp³-hybridized carbons (Fsp3) is 0.0270. The molecule has 0 N–H and O–H groups in total. The number of hydrogen-bond donors (Lipinski definition) is 0. The van der Waals surface area contributed by atoms with Crippen molar-refractivity contribution in [1.29, 1.82) is 0 Å². The zero-order valence-electron chi connectivity index (χ0n) is 62.0. The standard InChI is InChI=1S/C111H72N2/c1-5-27-73(28-6-1)75-55-60-83(61-56-75)112(82-34-11-4-12-35-82)85-36-25-29-78(69-85)79-59-67-104-96(70-79)92-40-16-23-48-102(92)111(104)103-49-24-18-42-95(103)108-88(43-26-50-106(108)111)77-53-51-74(52-54-77)76-57-62-84(63-58-76)113(87-64-66-94-91-39-13-19-44-98(91)109(107(94)72-87,80-30-7-2-8-31-80)81-32-9-3-10-33-81)86-65-68-105-97(71-86)93-41-17-22-47-101(93)110(105)99-45-20-14-37-89(99)90-38-15-21-46-100(90)110/h1-72H. The van der Waals surface area contributed by atoms with Crippen molar-refractivity contribution >= 4 is 34.1 Å². The summed E-state index contributed by atoms with van der Waals surface area (Å²) < 4.78 is 0. The van der Waals surface area contributed by atoms with Crippen molar-refractivity contribution < 1.29 is 0 Å². The second-order valence-electron chi connectivity index (χ2n) is 30.8. The normalized spacial score (nSPS) is 14.5. The minimum absolute atomic E-state index is 0.459. The molecule has 2 heteroatoms. The molecule has 526 valence electrons. The van der Waals surface area contributed by atoms with Crippen LogP contribution in [0.15, 0.2) is 437 Å². The summed E-state index contributed by atoms with van der Waals surface area (Å²) in [4.78, 5) is 4.88. The maximum atomic E-state index is 2.51. The molecule has 0 fully saturated rings. The third-order valence-corrected chi connectivity index (χ3v) is 25.4. The van der Waals surface area contributed by atoms with Gasteiger partial charge in [0.25, 0.3) is 0 Å². The zero-order chi connectivity index (χ0) is 74.4. The van der Waals surface area contributed by atoms with E-state index in [2.05, 4.69) is 447 Å². The van der Waals surface area contributed by atoms with Crippen LogP contribution in [-0.2, 0) is 16.2 Å². The van der Waals surface area contributed by atoms with Crippen LogP contribution in [0, 0.1) is 0 Å². The first-order valence-electron chi connectivity index (χ1n) is 39.4. The predicted octanol–water partition coefficient (Wildman–Crippen LogP) is 28.3. The molecule has 2 spiro atoms. The molecule has 0 amide bonds. The molecule has 18 aromatic carbocycles. The Morgan fingerprint density at radius 2 is 0.425 bits per heavy atom. The topological polar surface area (TPSA) is 6.48 Å². The third-order valence-electron chi connectivity index (χ3n) is 25.4. The fourth-order valence-electron chi connectivity index (χ4n) is 20.8. The molecule has 5 aliphatic rings. The van der Waals surface area contributed by atoms with Crippen LogP contribution < -0.4 is 9.80 Å². The summed E-state index contributed by atoms with van der Waals surface area (Å²) in [5.74, 6) is 0. The van der Waals surface area contributed by atoms with E-state index in [-0.39, 0.29) is 0 Å². The molecule has 1 unspecified atom stereocenters. The van der Waals surface area contributed by atoms with E-state index in [1.165, 1.54) is 150 Å². The van der Waals surface area contributed by atoms with Crippen LogP contribution in [0.5, 0.6) is 0 Å². The van der Waals surface area contributed by atoms with Crippen molar-refractivity contribution in [3.63, 3.8) is 0 Å². The summed E-state index contributed by atoms with van der Waals surface area (Å²) in [5, 5.41) is 0. The molecule has 5 aliphatic carbocycles. The smallest absolute Gasteiger partial charge is 0.0725 e. The molecule has 0 radical (unpaired) electrons. The van der Waals surface area contributed by atoms with Gasteiger partial charge in [0.2, 0.25) is 0 Å². The van der Waals surface area contributed by atoms with Crippen molar-refractivity contribution in [2.45, 2.75) is 16.2 Å². The fourth-order valence-corrected chi connectivity index (χ4v) is 20.8. The average molecular weight is 1430 g/mol. The van der Waals surface area contributed by atoms with E-state index in [1.54, 1.807) is 0 Å². The van der Waals surface area contributed by atoms with Gasteiger partial charge < -0.3 is 9.80 Å². The number of anilines is 6. The molecule has 1 atom stereocenters. The van der Waals surface area contributed by atoms with Crippen LogP contribution in [0.25, 0.3) is 100 Å². The number of hydrogen-bond acceptors (Lipinski definition) is 2. The van der Waals surface area contributed by atoms with Crippen molar-refractivity contribution in [2.24, 2.45) is 0 Å². The molecule has 113 heavy (non-hydrogen) atoms. The van der Waals surface area contributed by atoms with Gasteiger partial charge in [-0.3, -0.25) is 0 Å². The summed E-state index contributed by atoms with van der Waals surface area (Å²) in [6.45, 7) is 0. The highest BCUT2D eigenvalue weighted by Gasteiger charge is 2.54. The Morgan fingerprint density at radius 1 is 0.133 bits per heavy atom. The Balaban J connectivity index is 0.620. The molecule has 0 saturated heterocycles. The summed E-state index contributed by atoms with van der Waals surface area (Å²) >= 11 is 0. The molecule has 0 aromatic heterocycles. The first-order valence-corrected chi connectivity index (χ1v) is 39.4. The Bertz CT molecular complexity index is 6760. The molecule has 18 aromatic rings. The Labute approximate surface area is 659 Å². The van der Waals surface area contributed by atoms with Gasteiger partial charge in [-0.15, -0.1) is 0 Å². The summed E-state index contributed by atoms with van der Waals surface area (Å²) in [5.41, 5.74) is 42.8. The highest BCUT2D eigenvalue weighted by Crippen LogP contribution is 2.67. The maximum Gasteiger partial charge on any atom is 0.0725 e. The van der Waals surface area contributed by atoms with Crippen molar-refractivity contribution in [2.75, 3.05) is 9.80 Å². The van der Waals surface area contributed by atoms with Gasteiger partial charge in [-0.05, 0) is 246 Å². The van der Waals surface area contributed by atoms with Gasteiger partial charge in [-0.1, -0.05) is 358 Å². The van der Waals surface area contributed by atoms with Gasteiger partial charge in [-0.25, -0.2) is 0 Å². The van der Waals surface area contributed by atoms with E-state index < -0.39 is 16.2 Å². The second kappa shape index (κ2) is 25.3. The van der Waals surface area contributed by atoms with Crippen LogP contribution in [-0.4, -0.2) is 0 Å². The van der Waals surface area contributed by atoms with Crippen molar-refractivity contribution in [1.82, 2.24) is 0 Å². The highest BCUT2D eigenvalue weighted by molar-refractivity contribution is 6.02. The van der Waals surface area contributed by atoms with Gasteiger partial charge in [-0.2, -0.15) is 0 Å². The molecule has 23 rings (SSSR count). The number of rotatable bonds is 12. The first kappa shape index (κ1) is 64.5. The second-order valence-corrected chi connectivity index (χ2v) is 30.8. The Hall–Kier alpha value is -14.4.